The van der Waals surface area contributed by atoms with E-state index < -0.39 is 4.92 Å². The number of methoxy groups -OCH3 is 1. The number of hydrazone groups is 1. The number of non-ortho nitro benzene ring substituents is 1. The van der Waals surface area contributed by atoms with Crippen molar-refractivity contribution in [1.29, 1.82) is 0 Å². The van der Waals surface area contributed by atoms with Crippen molar-refractivity contribution in [2.75, 3.05) is 7.11 Å². The lowest BCUT2D eigenvalue weighted by molar-refractivity contribution is -0.384. The first-order valence-corrected chi connectivity index (χ1v) is 9.93. The summed E-state index contributed by atoms with van der Waals surface area (Å²) in [5, 5.41) is 15.2. The van der Waals surface area contributed by atoms with Gasteiger partial charge in [-0.2, -0.15) is 5.10 Å². The molecule has 0 heterocycles. The molecule has 1 amide bonds. The van der Waals surface area contributed by atoms with Gasteiger partial charge in [0.15, 0.2) is 11.5 Å². The van der Waals surface area contributed by atoms with Crippen LogP contribution >= 0.6 is 11.6 Å². The molecule has 3 rings (SSSR count). The summed E-state index contributed by atoms with van der Waals surface area (Å²) in [6.45, 7) is 0.294. The van der Waals surface area contributed by atoms with Crippen LogP contribution in [-0.2, 0) is 17.8 Å². The highest BCUT2D eigenvalue weighted by Crippen LogP contribution is 2.29. The topological polar surface area (TPSA) is 103 Å². The van der Waals surface area contributed by atoms with Gasteiger partial charge < -0.3 is 9.47 Å². The van der Waals surface area contributed by atoms with E-state index in [4.69, 9.17) is 21.1 Å². The Kier molecular flexibility index (Phi) is 7.77. The maximum atomic E-state index is 12.0. The number of ether oxygens (including phenoxy) is 2. The van der Waals surface area contributed by atoms with E-state index in [2.05, 4.69) is 10.5 Å². The van der Waals surface area contributed by atoms with Gasteiger partial charge in [-0.3, -0.25) is 14.9 Å². The molecule has 3 aromatic carbocycles. The van der Waals surface area contributed by atoms with Crippen molar-refractivity contribution in [2.24, 2.45) is 5.10 Å². The Morgan fingerprint density at radius 3 is 2.56 bits per heavy atom. The standard InChI is InChI=1S/C23H20ClN3O5/c1-31-22-12-17(8-11-21(22)32-15-18-4-2-3-5-20(18)24)14-25-26-23(28)13-16-6-9-19(10-7-16)27(29)30/h2-12,14H,13,15H2,1H3,(H,26,28)/b25-14+. The molecule has 0 saturated heterocycles. The normalized spacial score (nSPS) is 10.7. The Balaban J connectivity index is 1.56. The van der Waals surface area contributed by atoms with Gasteiger partial charge in [0.05, 0.1) is 24.7 Å². The van der Waals surface area contributed by atoms with Crippen LogP contribution < -0.4 is 14.9 Å². The van der Waals surface area contributed by atoms with Crippen LogP contribution in [0.2, 0.25) is 5.02 Å². The maximum Gasteiger partial charge on any atom is 0.269 e. The highest BCUT2D eigenvalue weighted by Gasteiger charge is 2.08. The number of hydrogen-bond acceptors (Lipinski definition) is 6. The molecule has 0 aromatic heterocycles. The van der Waals surface area contributed by atoms with Crippen LogP contribution in [0.15, 0.2) is 71.8 Å². The van der Waals surface area contributed by atoms with Crippen molar-refractivity contribution >= 4 is 29.4 Å². The van der Waals surface area contributed by atoms with Crippen molar-refractivity contribution in [3.05, 3.63) is 98.6 Å². The van der Waals surface area contributed by atoms with E-state index in [0.717, 1.165) is 5.56 Å². The minimum atomic E-state index is -0.491. The van der Waals surface area contributed by atoms with Crippen molar-refractivity contribution in [3.8, 4) is 11.5 Å². The summed E-state index contributed by atoms with van der Waals surface area (Å²) in [7, 11) is 1.53. The first kappa shape index (κ1) is 22.8. The second kappa shape index (κ2) is 10.9. The number of halogens is 1. The molecule has 0 spiro atoms. The number of nitrogens with one attached hydrogen (secondary N) is 1. The van der Waals surface area contributed by atoms with Crippen molar-refractivity contribution in [3.63, 3.8) is 0 Å². The summed E-state index contributed by atoms with van der Waals surface area (Å²) in [4.78, 5) is 22.2. The molecule has 0 aliphatic carbocycles. The molecule has 0 unspecified atom stereocenters. The zero-order valence-electron chi connectivity index (χ0n) is 17.2. The predicted molar refractivity (Wildman–Crippen MR) is 121 cm³/mol. The number of amides is 1. The van der Waals surface area contributed by atoms with E-state index in [-0.39, 0.29) is 18.0 Å². The molecule has 8 nitrogen and oxygen atoms in total. The fourth-order valence-corrected chi connectivity index (χ4v) is 2.98. The van der Waals surface area contributed by atoms with Gasteiger partial charge in [-0.05, 0) is 35.4 Å². The average molecular weight is 454 g/mol. The monoisotopic (exact) mass is 453 g/mol. The number of carbonyl (C=O) groups excluding carboxylic acids is 1. The molecule has 0 radical (unpaired) electrons. The highest BCUT2D eigenvalue weighted by atomic mass is 35.5. The van der Waals surface area contributed by atoms with Gasteiger partial charge in [-0.1, -0.05) is 41.9 Å². The lowest BCUT2D eigenvalue weighted by atomic mass is 10.1. The summed E-state index contributed by atoms with van der Waals surface area (Å²) in [5.41, 5.74) is 4.60. The molecule has 0 atom stereocenters. The fourth-order valence-electron chi connectivity index (χ4n) is 2.79. The number of nitro groups is 1. The molecule has 32 heavy (non-hydrogen) atoms. The van der Waals surface area contributed by atoms with E-state index in [1.165, 1.54) is 37.6 Å². The lowest BCUT2D eigenvalue weighted by Crippen LogP contribution is -2.19. The van der Waals surface area contributed by atoms with Crippen molar-refractivity contribution in [2.45, 2.75) is 13.0 Å². The minimum absolute atomic E-state index is 0.0274. The van der Waals surface area contributed by atoms with Gasteiger partial charge in [-0.25, -0.2) is 5.43 Å². The summed E-state index contributed by atoms with van der Waals surface area (Å²) >= 11 is 6.15. The van der Waals surface area contributed by atoms with Crippen LogP contribution in [0.4, 0.5) is 5.69 Å². The summed E-state index contributed by atoms with van der Waals surface area (Å²) in [5.74, 6) is 0.715. The molecule has 0 saturated carbocycles. The van der Waals surface area contributed by atoms with E-state index in [1.54, 1.807) is 24.3 Å². The van der Waals surface area contributed by atoms with Crippen molar-refractivity contribution < 1.29 is 19.2 Å². The Morgan fingerprint density at radius 1 is 1.12 bits per heavy atom. The van der Waals surface area contributed by atoms with Gasteiger partial charge in [0.2, 0.25) is 5.91 Å². The second-order valence-electron chi connectivity index (χ2n) is 6.68. The average Bonchev–Trinajstić information content (AvgIpc) is 2.79. The smallest absolute Gasteiger partial charge is 0.269 e. The fraction of sp³-hybridized carbons (Fsp3) is 0.130. The summed E-state index contributed by atoms with van der Waals surface area (Å²) < 4.78 is 11.2. The molecule has 1 N–H and O–H groups in total. The Labute approximate surface area is 189 Å². The first-order chi connectivity index (χ1) is 15.5. The molecular formula is C23H20ClN3O5. The number of carbonyl (C=O) groups is 1. The van der Waals surface area contributed by atoms with Gasteiger partial charge >= 0.3 is 0 Å². The van der Waals surface area contributed by atoms with Gasteiger partial charge in [0.1, 0.15) is 6.61 Å². The highest BCUT2D eigenvalue weighted by molar-refractivity contribution is 6.31. The summed E-state index contributed by atoms with van der Waals surface area (Å²) in [6.07, 6.45) is 1.53. The van der Waals surface area contributed by atoms with Crippen LogP contribution in [0.25, 0.3) is 0 Å². The maximum absolute atomic E-state index is 12.0. The second-order valence-corrected chi connectivity index (χ2v) is 7.09. The number of nitrogens with zero attached hydrogens (tertiary/aromatic N) is 2. The molecule has 0 aliphatic rings. The molecule has 3 aromatic rings. The van der Waals surface area contributed by atoms with Crippen LogP contribution in [0.5, 0.6) is 11.5 Å². The quantitative estimate of drug-likeness (QED) is 0.291. The van der Waals surface area contributed by atoms with Gasteiger partial charge in [0, 0.05) is 22.7 Å². The van der Waals surface area contributed by atoms with E-state index in [0.29, 0.717) is 34.3 Å². The third-order valence-electron chi connectivity index (χ3n) is 4.44. The zero-order valence-corrected chi connectivity index (χ0v) is 17.9. The SMILES string of the molecule is COc1cc(/C=N/NC(=O)Cc2ccc([N+](=O)[O-])cc2)ccc1OCc1ccccc1Cl. The van der Waals surface area contributed by atoms with Crippen molar-refractivity contribution in [1.82, 2.24) is 5.43 Å². The number of benzene rings is 3. The Bertz CT molecular complexity index is 1130. The van der Waals surface area contributed by atoms with Crippen LogP contribution in [0.1, 0.15) is 16.7 Å². The molecule has 9 heteroatoms. The van der Waals surface area contributed by atoms with E-state index >= 15 is 0 Å². The zero-order chi connectivity index (χ0) is 22.9. The first-order valence-electron chi connectivity index (χ1n) is 9.55. The van der Waals surface area contributed by atoms with E-state index in [1.807, 2.05) is 18.2 Å². The number of hydrogen-bond donors (Lipinski definition) is 1. The van der Waals surface area contributed by atoms with Crippen LogP contribution in [0, 0.1) is 10.1 Å². The lowest BCUT2D eigenvalue weighted by Gasteiger charge is -2.12. The van der Waals surface area contributed by atoms with Crippen LogP contribution in [-0.4, -0.2) is 24.2 Å². The van der Waals surface area contributed by atoms with E-state index in [9.17, 15) is 14.9 Å². The largest absolute Gasteiger partial charge is 0.493 e. The third kappa shape index (κ3) is 6.29. The Hall–Kier alpha value is -3.91. The molecule has 0 aliphatic heterocycles. The number of nitro benzene ring substituents is 1. The molecular weight excluding hydrogens is 434 g/mol. The molecule has 0 fully saturated rings. The molecule has 0 bridgehead atoms. The predicted octanol–water partition coefficient (Wildman–Crippen LogP) is 4.53. The minimum Gasteiger partial charge on any atom is -0.493 e. The number of rotatable bonds is 9. The Morgan fingerprint density at radius 2 is 1.88 bits per heavy atom. The van der Waals surface area contributed by atoms with Crippen LogP contribution in [0.3, 0.4) is 0 Å². The van der Waals surface area contributed by atoms with Gasteiger partial charge in [-0.15, -0.1) is 0 Å². The third-order valence-corrected chi connectivity index (χ3v) is 4.81. The summed E-state index contributed by atoms with van der Waals surface area (Å²) in [6, 6.07) is 18.5. The molecule has 164 valence electrons. The van der Waals surface area contributed by atoms with Gasteiger partial charge in [0.25, 0.3) is 5.69 Å².